The molecule has 7 heteroatoms. The average Bonchev–Trinajstić information content (AvgIpc) is 2.36. The lowest BCUT2D eigenvalue weighted by atomic mass is 10.4. The van der Waals surface area contributed by atoms with Gasteiger partial charge in [0.05, 0.1) is 17.6 Å². The summed E-state index contributed by atoms with van der Waals surface area (Å²) in [4.78, 5) is 0.729. The van der Waals surface area contributed by atoms with Gasteiger partial charge in [0, 0.05) is 10.6 Å². The molecule has 0 radical (unpaired) electrons. The van der Waals surface area contributed by atoms with E-state index in [0.29, 0.717) is 4.90 Å². The van der Waals surface area contributed by atoms with Gasteiger partial charge in [0.2, 0.25) is 10.0 Å². The molecule has 1 atom stereocenters. The molecule has 0 saturated heterocycles. The summed E-state index contributed by atoms with van der Waals surface area (Å²) in [6.45, 7) is -0.339. The molecule has 5 nitrogen and oxygen atoms in total. The molecular weight excluding hydrogens is 262 g/mol. The minimum absolute atomic E-state index is 0.178. The summed E-state index contributed by atoms with van der Waals surface area (Å²) in [5.74, 6) is 0.243. The van der Waals surface area contributed by atoms with Crippen LogP contribution in [0, 0.1) is 0 Å². The molecule has 0 aliphatic carbocycles. The second-order valence-electron chi connectivity index (χ2n) is 3.30. The maximum absolute atomic E-state index is 11.7. The Labute approximate surface area is 105 Å². The van der Waals surface area contributed by atoms with Gasteiger partial charge >= 0.3 is 0 Å². The zero-order valence-electron chi connectivity index (χ0n) is 9.33. The number of rotatable bonds is 6. The predicted molar refractivity (Wildman–Crippen MR) is 66.5 cm³/mol. The lowest BCUT2D eigenvalue weighted by Gasteiger charge is -2.10. The van der Waals surface area contributed by atoms with E-state index in [9.17, 15) is 13.5 Å². The zero-order chi connectivity index (χ0) is 12.9. The monoisotopic (exact) mass is 277 g/mol. The van der Waals surface area contributed by atoms with Gasteiger partial charge in [0.15, 0.2) is 0 Å². The van der Waals surface area contributed by atoms with Gasteiger partial charge in [-0.1, -0.05) is 12.1 Å². The molecule has 0 aliphatic heterocycles. The fourth-order valence-electron chi connectivity index (χ4n) is 1.14. The van der Waals surface area contributed by atoms with Crippen LogP contribution in [0.2, 0.25) is 0 Å². The highest BCUT2D eigenvalue weighted by atomic mass is 32.2. The minimum atomic E-state index is -3.50. The van der Waals surface area contributed by atoms with Crippen molar-refractivity contribution in [1.29, 1.82) is 0 Å². The van der Waals surface area contributed by atoms with Crippen molar-refractivity contribution in [2.45, 2.75) is 15.9 Å². The van der Waals surface area contributed by atoms with Gasteiger partial charge < -0.3 is 10.2 Å². The molecule has 1 unspecified atom stereocenters. The maximum atomic E-state index is 11.7. The molecule has 0 aromatic heterocycles. The first kappa shape index (κ1) is 14.5. The molecule has 17 heavy (non-hydrogen) atoms. The maximum Gasteiger partial charge on any atom is 0.241 e. The van der Waals surface area contributed by atoms with Crippen LogP contribution in [-0.2, 0) is 10.0 Å². The number of aliphatic hydroxyl groups is 2. The molecule has 0 heterocycles. The largest absolute Gasteiger partial charge is 0.394 e. The first-order valence-corrected chi connectivity index (χ1v) is 7.42. The van der Waals surface area contributed by atoms with Crippen LogP contribution in [0.25, 0.3) is 0 Å². The molecule has 3 N–H and O–H groups in total. The second-order valence-corrected chi connectivity index (χ2v) is 6.22. The molecule has 0 aliphatic rings. The van der Waals surface area contributed by atoms with E-state index in [4.69, 9.17) is 5.11 Å². The summed E-state index contributed by atoms with van der Waals surface area (Å²) in [7, 11) is -2.15. The summed E-state index contributed by atoms with van der Waals surface area (Å²) in [5, 5.41) is 17.9. The Morgan fingerprint density at radius 1 is 1.41 bits per heavy atom. The number of benzene rings is 1. The molecule has 0 saturated carbocycles. The van der Waals surface area contributed by atoms with Crippen molar-refractivity contribution in [3.63, 3.8) is 0 Å². The summed E-state index contributed by atoms with van der Waals surface area (Å²) < 4.78 is 25.6. The molecule has 1 rings (SSSR count). The normalized spacial score (nSPS) is 13.6. The number of nitrogens with one attached hydrogen (secondary N) is 1. The van der Waals surface area contributed by atoms with Gasteiger partial charge in [-0.15, -0.1) is 11.8 Å². The second kappa shape index (κ2) is 6.36. The number of hydrogen-bond acceptors (Lipinski definition) is 5. The Balaban J connectivity index is 2.93. The molecule has 0 fully saturated rings. The number of thioether (sulfide) groups is 1. The van der Waals surface area contributed by atoms with Crippen LogP contribution in [0.4, 0.5) is 0 Å². The number of sulfonamides is 1. The van der Waals surface area contributed by atoms with Crippen molar-refractivity contribution in [2.24, 2.45) is 0 Å². The van der Waals surface area contributed by atoms with Crippen LogP contribution in [0.3, 0.4) is 0 Å². The Morgan fingerprint density at radius 3 is 2.65 bits per heavy atom. The molecule has 0 spiro atoms. The molecular formula is C10H15NO4S2. The third kappa shape index (κ3) is 3.97. The Bertz CT molecular complexity index is 461. The van der Waals surface area contributed by atoms with Gasteiger partial charge in [0.25, 0.3) is 0 Å². The lowest BCUT2D eigenvalue weighted by Crippen LogP contribution is -2.20. The van der Waals surface area contributed by atoms with Gasteiger partial charge in [-0.3, -0.25) is 0 Å². The van der Waals surface area contributed by atoms with E-state index in [1.54, 1.807) is 18.2 Å². The van der Waals surface area contributed by atoms with Gasteiger partial charge in [0.1, 0.15) is 0 Å². The highest BCUT2D eigenvalue weighted by Gasteiger charge is 2.16. The van der Waals surface area contributed by atoms with Crippen LogP contribution in [-0.4, -0.2) is 44.1 Å². The number of hydrogen-bond donors (Lipinski definition) is 3. The van der Waals surface area contributed by atoms with Crippen molar-refractivity contribution in [3.05, 3.63) is 24.3 Å². The van der Waals surface area contributed by atoms with Crippen LogP contribution in [0.1, 0.15) is 0 Å². The third-order valence-electron chi connectivity index (χ3n) is 2.05. The highest BCUT2D eigenvalue weighted by Crippen LogP contribution is 2.26. The zero-order valence-corrected chi connectivity index (χ0v) is 11.0. The summed E-state index contributed by atoms with van der Waals surface area (Å²) in [5.41, 5.74) is 0. The Morgan fingerprint density at radius 2 is 2.06 bits per heavy atom. The van der Waals surface area contributed by atoms with Crippen LogP contribution in [0.5, 0.6) is 0 Å². The Kier molecular flexibility index (Phi) is 5.41. The van der Waals surface area contributed by atoms with E-state index in [2.05, 4.69) is 4.72 Å². The molecule has 0 bridgehead atoms. The fraction of sp³-hybridized carbons (Fsp3) is 0.400. The predicted octanol–water partition coefficient (Wildman–Crippen LogP) is 0.0400. The van der Waals surface area contributed by atoms with E-state index in [1.807, 2.05) is 0 Å². The van der Waals surface area contributed by atoms with E-state index < -0.39 is 16.1 Å². The standard InChI is InChI=1S/C10H15NO4S2/c1-11-17(14,15)10-5-3-2-4-9(10)16-7-8(13)6-12/h2-5,8,11-13H,6-7H2,1H3. The van der Waals surface area contributed by atoms with E-state index in [1.165, 1.54) is 24.9 Å². The average molecular weight is 277 g/mol. The van der Waals surface area contributed by atoms with Crippen molar-refractivity contribution >= 4 is 21.8 Å². The minimum Gasteiger partial charge on any atom is -0.394 e. The van der Waals surface area contributed by atoms with Crippen molar-refractivity contribution in [1.82, 2.24) is 4.72 Å². The van der Waals surface area contributed by atoms with Gasteiger partial charge in [-0.2, -0.15) is 0 Å². The fourth-order valence-corrected chi connectivity index (χ4v) is 3.32. The SMILES string of the molecule is CNS(=O)(=O)c1ccccc1SCC(O)CO. The summed E-state index contributed by atoms with van der Waals surface area (Å²) >= 11 is 1.19. The van der Waals surface area contributed by atoms with E-state index >= 15 is 0 Å². The summed E-state index contributed by atoms with van der Waals surface area (Å²) in [6, 6.07) is 6.53. The topological polar surface area (TPSA) is 86.6 Å². The Hall–Kier alpha value is -0.600. The lowest BCUT2D eigenvalue weighted by molar-refractivity contribution is 0.113. The van der Waals surface area contributed by atoms with Gasteiger partial charge in [-0.05, 0) is 19.2 Å². The van der Waals surface area contributed by atoms with Crippen LogP contribution in [0.15, 0.2) is 34.1 Å². The quantitative estimate of drug-likeness (QED) is 0.639. The van der Waals surface area contributed by atoms with Crippen LogP contribution >= 0.6 is 11.8 Å². The van der Waals surface area contributed by atoms with Crippen molar-refractivity contribution < 1.29 is 18.6 Å². The van der Waals surface area contributed by atoms with Crippen molar-refractivity contribution in [3.8, 4) is 0 Å². The smallest absolute Gasteiger partial charge is 0.241 e. The third-order valence-corrected chi connectivity index (χ3v) is 4.87. The molecule has 1 aromatic carbocycles. The van der Waals surface area contributed by atoms with Crippen molar-refractivity contribution in [2.75, 3.05) is 19.4 Å². The number of aliphatic hydroxyl groups excluding tert-OH is 2. The molecule has 96 valence electrons. The van der Waals surface area contributed by atoms with E-state index in [-0.39, 0.29) is 17.3 Å². The van der Waals surface area contributed by atoms with E-state index in [0.717, 1.165) is 0 Å². The molecule has 0 amide bonds. The van der Waals surface area contributed by atoms with Crippen LogP contribution < -0.4 is 4.72 Å². The molecule has 1 aromatic rings. The first-order valence-electron chi connectivity index (χ1n) is 4.95. The van der Waals surface area contributed by atoms with Gasteiger partial charge in [-0.25, -0.2) is 13.1 Å². The highest BCUT2D eigenvalue weighted by molar-refractivity contribution is 8.00. The first-order chi connectivity index (χ1) is 8.01. The summed E-state index contributed by atoms with van der Waals surface area (Å²) in [6.07, 6.45) is -0.856.